The van der Waals surface area contributed by atoms with Crippen LogP contribution in [0.4, 0.5) is 0 Å². The Kier molecular flexibility index (Phi) is 4.04. The number of rotatable bonds is 4. The normalized spacial score (nSPS) is 23.6. The molecule has 1 aliphatic heterocycles. The minimum atomic E-state index is -0.832. The monoisotopic (exact) mass is 268 g/mol. The Morgan fingerprint density at radius 2 is 2.44 bits per heavy atom. The van der Waals surface area contributed by atoms with Crippen LogP contribution in [0.3, 0.4) is 0 Å². The molecule has 5 heteroatoms. The molecule has 2 N–H and O–H groups in total. The van der Waals surface area contributed by atoms with Crippen LogP contribution >= 0.6 is 11.3 Å². The molecule has 1 saturated heterocycles. The van der Waals surface area contributed by atoms with Gasteiger partial charge in [0.25, 0.3) is 0 Å². The molecule has 0 aliphatic carbocycles. The number of amides is 1. The van der Waals surface area contributed by atoms with Crippen LogP contribution in [-0.2, 0) is 16.1 Å². The van der Waals surface area contributed by atoms with Gasteiger partial charge in [-0.1, -0.05) is 6.07 Å². The molecule has 1 atom stereocenters. The molecule has 2 heterocycles. The van der Waals surface area contributed by atoms with Crippen LogP contribution < -0.4 is 5.73 Å². The summed E-state index contributed by atoms with van der Waals surface area (Å²) >= 11 is 1.66. The van der Waals surface area contributed by atoms with Gasteiger partial charge in [0.05, 0.1) is 13.2 Å². The van der Waals surface area contributed by atoms with E-state index in [0.717, 1.165) is 0 Å². The molecule has 100 valence electrons. The van der Waals surface area contributed by atoms with E-state index in [1.165, 1.54) is 4.88 Å². The van der Waals surface area contributed by atoms with Crippen LogP contribution in [0.25, 0.3) is 0 Å². The molecule has 1 aromatic heterocycles. The van der Waals surface area contributed by atoms with Gasteiger partial charge in [0, 0.05) is 17.5 Å². The Labute approximate surface area is 112 Å². The topological polar surface area (TPSA) is 55.6 Å². The number of ether oxygens (including phenoxy) is 1. The number of carbonyl (C=O) groups is 1. The Hall–Kier alpha value is -0.910. The first-order valence-electron chi connectivity index (χ1n) is 6.23. The number of hydrogen-bond acceptors (Lipinski definition) is 4. The van der Waals surface area contributed by atoms with E-state index in [2.05, 4.69) is 0 Å². The van der Waals surface area contributed by atoms with Gasteiger partial charge in [-0.15, -0.1) is 11.3 Å². The summed E-state index contributed by atoms with van der Waals surface area (Å²) in [7, 11) is 0. The molecular formula is C13H20N2O2S. The van der Waals surface area contributed by atoms with Crippen LogP contribution in [0.1, 0.15) is 25.1 Å². The average molecular weight is 268 g/mol. The summed E-state index contributed by atoms with van der Waals surface area (Å²) < 4.78 is 5.28. The van der Waals surface area contributed by atoms with Gasteiger partial charge in [0.2, 0.25) is 5.91 Å². The highest BCUT2D eigenvalue weighted by Crippen LogP contribution is 2.22. The summed E-state index contributed by atoms with van der Waals surface area (Å²) in [6.45, 7) is 5.58. The summed E-state index contributed by atoms with van der Waals surface area (Å²) in [5.41, 5.74) is 5.33. The third-order valence-electron chi connectivity index (χ3n) is 3.27. The lowest BCUT2D eigenvalue weighted by atomic mass is 9.97. The highest BCUT2D eigenvalue weighted by Gasteiger charge is 2.41. The molecule has 1 aliphatic rings. The molecule has 18 heavy (non-hydrogen) atoms. The smallest absolute Gasteiger partial charge is 0.245 e. The second-order valence-corrected chi connectivity index (χ2v) is 6.10. The number of hydrogen-bond donors (Lipinski definition) is 1. The lowest BCUT2D eigenvalue weighted by molar-refractivity contribution is -0.139. The van der Waals surface area contributed by atoms with Crippen molar-refractivity contribution in [2.24, 2.45) is 5.73 Å². The van der Waals surface area contributed by atoms with Gasteiger partial charge in [-0.3, -0.25) is 4.79 Å². The molecule has 0 spiro atoms. The number of carbonyl (C=O) groups excluding carboxylic acids is 1. The van der Waals surface area contributed by atoms with Crippen LogP contribution in [-0.4, -0.2) is 35.6 Å². The molecule has 1 amide bonds. The van der Waals surface area contributed by atoms with Crippen molar-refractivity contribution in [2.45, 2.75) is 38.4 Å². The summed E-state index contributed by atoms with van der Waals surface area (Å²) in [5.74, 6) is 0.00315. The van der Waals surface area contributed by atoms with Crippen molar-refractivity contribution in [1.82, 2.24) is 4.90 Å². The van der Waals surface area contributed by atoms with E-state index in [1.54, 1.807) is 11.3 Å². The zero-order valence-corrected chi connectivity index (χ0v) is 11.7. The first-order chi connectivity index (χ1) is 8.53. The van der Waals surface area contributed by atoms with Crippen LogP contribution in [0.5, 0.6) is 0 Å². The Balaban J connectivity index is 2.12. The van der Waals surface area contributed by atoms with Crippen LogP contribution in [0, 0.1) is 0 Å². The summed E-state index contributed by atoms with van der Waals surface area (Å²) in [4.78, 5) is 15.6. The highest BCUT2D eigenvalue weighted by molar-refractivity contribution is 7.09. The van der Waals surface area contributed by atoms with E-state index in [4.69, 9.17) is 10.5 Å². The summed E-state index contributed by atoms with van der Waals surface area (Å²) in [5, 5.41) is 2.02. The van der Waals surface area contributed by atoms with Crippen molar-refractivity contribution in [2.75, 3.05) is 13.2 Å². The molecule has 4 nitrogen and oxygen atoms in total. The summed E-state index contributed by atoms with van der Waals surface area (Å²) in [6.07, 6.45) is 0.611. The van der Waals surface area contributed by atoms with Crippen LogP contribution in [0.15, 0.2) is 17.5 Å². The van der Waals surface area contributed by atoms with Crippen molar-refractivity contribution < 1.29 is 9.53 Å². The van der Waals surface area contributed by atoms with Crippen molar-refractivity contribution in [1.29, 1.82) is 0 Å². The summed E-state index contributed by atoms with van der Waals surface area (Å²) in [6, 6.07) is 4.18. The molecule has 0 aromatic carbocycles. The van der Waals surface area contributed by atoms with E-state index < -0.39 is 5.54 Å². The third kappa shape index (κ3) is 2.74. The standard InChI is InChI=1S/C13H20N2O2S/c1-10(2)15(8-11-4-3-7-18-11)12(16)13(14)5-6-17-9-13/h3-4,7,10H,5-6,8-9,14H2,1-2H3. The minimum Gasteiger partial charge on any atom is -0.379 e. The first-order valence-corrected chi connectivity index (χ1v) is 7.11. The number of nitrogens with zero attached hydrogens (tertiary/aromatic N) is 1. The van der Waals surface area contributed by atoms with Gasteiger partial charge >= 0.3 is 0 Å². The zero-order valence-electron chi connectivity index (χ0n) is 10.9. The second kappa shape index (κ2) is 5.38. The number of thiophene rings is 1. The average Bonchev–Trinajstić information content (AvgIpc) is 2.96. The maximum Gasteiger partial charge on any atom is 0.245 e. The molecule has 0 saturated carbocycles. The van der Waals surface area contributed by atoms with Gasteiger partial charge in [0.1, 0.15) is 5.54 Å². The predicted octanol–water partition coefficient (Wildman–Crippen LogP) is 1.60. The largest absolute Gasteiger partial charge is 0.379 e. The second-order valence-electron chi connectivity index (χ2n) is 5.06. The molecule has 0 radical (unpaired) electrons. The molecular weight excluding hydrogens is 248 g/mol. The van der Waals surface area contributed by atoms with Gasteiger partial charge in [-0.05, 0) is 31.7 Å². The van der Waals surface area contributed by atoms with Crippen molar-refractivity contribution >= 4 is 17.2 Å². The Morgan fingerprint density at radius 3 is 2.94 bits per heavy atom. The lowest BCUT2D eigenvalue weighted by Crippen LogP contribution is -2.57. The molecule has 2 rings (SSSR count). The van der Waals surface area contributed by atoms with Crippen molar-refractivity contribution in [3.63, 3.8) is 0 Å². The number of nitrogens with two attached hydrogens (primary N) is 1. The maximum atomic E-state index is 12.6. The third-order valence-corrected chi connectivity index (χ3v) is 4.13. The predicted molar refractivity (Wildman–Crippen MR) is 72.4 cm³/mol. The van der Waals surface area contributed by atoms with E-state index in [1.807, 2.05) is 36.3 Å². The fourth-order valence-corrected chi connectivity index (χ4v) is 2.80. The molecule has 1 fully saturated rings. The Bertz CT molecular complexity index is 397. The van der Waals surface area contributed by atoms with Gasteiger partial charge in [-0.2, -0.15) is 0 Å². The van der Waals surface area contributed by atoms with Gasteiger partial charge in [-0.25, -0.2) is 0 Å². The van der Waals surface area contributed by atoms with Crippen molar-refractivity contribution in [3.8, 4) is 0 Å². The maximum absolute atomic E-state index is 12.6. The molecule has 0 bridgehead atoms. The molecule has 1 unspecified atom stereocenters. The minimum absolute atomic E-state index is 0.00315. The van der Waals surface area contributed by atoms with Crippen molar-refractivity contribution in [3.05, 3.63) is 22.4 Å². The van der Waals surface area contributed by atoms with E-state index in [9.17, 15) is 4.79 Å². The van der Waals surface area contributed by atoms with Gasteiger partial charge < -0.3 is 15.4 Å². The fourth-order valence-electron chi connectivity index (χ4n) is 2.09. The SMILES string of the molecule is CC(C)N(Cc1cccs1)C(=O)C1(N)CCOC1. The highest BCUT2D eigenvalue weighted by atomic mass is 32.1. The Morgan fingerprint density at radius 1 is 1.67 bits per heavy atom. The quantitative estimate of drug-likeness (QED) is 0.902. The zero-order chi connectivity index (χ0) is 13.2. The molecule has 1 aromatic rings. The van der Waals surface area contributed by atoms with E-state index in [-0.39, 0.29) is 11.9 Å². The van der Waals surface area contributed by atoms with E-state index in [0.29, 0.717) is 26.2 Å². The fraction of sp³-hybridized carbons (Fsp3) is 0.615. The first kappa shape index (κ1) is 13.5. The van der Waals surface area contributed by atoms with Crippen LogP contribution in [0.2, 0.25) is 0 Å². The lowest BCUT2D eigenvalue weighted by Gasteiger charge is -2.33. The van der Waals surface area contributed by atoms with E-state index >= 15 is 0 Å². The van der Waals surface area contributed by atoms with Gasteiger partial charge in [0.15, 0.2) is 0 Å².